The highest BCUT2D eigenvalue weighted by atomic mass is 19.1. The van der Waals surface area contributed by atoms with Gasteiger partial charge in [0.25, 0.3) is 0 Å². The Bertz CT molecular complexity index is 682. The lowest BCUT2D eigenvalue weighted by atomic mass is 9.42. The van der Waals surface area contributed by atoms with Crippen molar-refractivity contribution in [3.63, 3.8) is 0 Å². The van der Waals surface area contributed by atoms with Crippen molar-refractivity contribution in [1.82, 2.24) is 0 Å². The van der Waals surface area contributed by atoms with Crippen molar-refractivity contribution in [3.8, 4) is 0 Å². The zero-order valence-corrected chi connectivity index (χ0v) is 17.4. The maximum absolute atomic E-state index is 15.6. The fourth-order valence-electron chi connectivity index (χ4n) is 7.91. The molecule has 0 aromatic rings. The zero-order chi connectivity index (χ0) is 20.5. The van der Waals surface area contributed by atoms with Crippen molar-refractivity contribution in [2.45, 2.75) is 95.6 Å². The molecule has 5 heteroatoms. The first kappa shape index (κ1) is 20.3. The van der Waals surface area contributed by atoms with Crippen LogP contribution in [-0.4, -0.2) is 39.7 Å². The van der Waals surface area contributed by atoms with Gasteiger partial charge in [-0.15, -0.1) is 6.58 Å². The number of hydrogen-bond donors (Lipinski definition) is 2. The van der Waals surface area contributed by atoms with Crippen molar-refractivity contribution in [2.75, 3.05) is 0 Å². The SMILES string of the molecule is C=C[C@]1(O)CC[C@@H]2[C@@H]3C[C@H](F)[C@@]4(O)C[C@H](OC(C)=O)CC[C@]4(C)[C@H]3CC[C@@]21C. The summed E-state index contributed by atoms with van der Waals surface area (Å²) >= 11 is 0. The molecule has 28 heavy (non-hydrogen) atoms. The molecule has 4 rings (SSSR count). The van der Waals surface area contributed by atoms with E-state index in [9.17, 15) is 15.0 Å². The van der Waals surface area contributed by atoms with Crippen molar-refractivity contribution in [2.24, 2.45) is 28.6 Å². The van der Waals surface area contributed by atoms with Gasteiger partial charge in [-0.2, -0.15) is 0 Å². The van der Waals surface area contributed by atoms with E-state index < -0.39 is 28.9 Å². The van der Waals surface area contributed by atoms with Gasteiger partial charge in [-0.25, -0.2) is 4.39 Å². The topological polar surface area (TPSA) is 66.8 Å². The quantitative estimate of drug-likeness (QED) is 0.550. The number of rotatable bonds is 2. The Morgan fingerprint density at radius 1 is 1.11 bits per heavy atom. The molecule has 4 nitrogen and oxygen atoms in total. The van der Waals surface area contributed by atoms with Gasteiger partial charge in [0.1, 0.15) is 17.9 Å². The van der Waals surface area contributed by atoms with Crippen LogP contribution in [-0.2, 0) is 9.53 Å². The smallest absolute Gasteiger partial charge is 0.302 e. The third-order valence-electron chi connectivity index (χ3n) is 9.65. The zero-order valence-electron chi connectivity index (χ0n) is 17.4. The van der Waals surface area contributed by atoms with Crippen LogP contribution < -0.4 is 0 Å². The van der Waals surface area contributed by atoms with E-state index in [1.54, 1.807) is 6.08 Å². The average molecular weight is 395 g/mol. The van der Waals surface area contributed by atoms with E-state index in [1.807, 2.05) is 0 Å². The number of ether oxygens (including phenoxy) is 1. The van der Waals surface area contributed by atoms with Crippen LogP contribution >= 0.6 is 0 Å². The highest BCUT2D eigenvalue weighted by Gasteiger charge is 2.69. The molecule has 0 unspecified atom stereocenters. The van der Waals surface area contributed by atoms with Crippen LogP contribution in [0.2, 0.25) is 0 Å². The van der Waals surface area contributed by atoms with Gasteiger partial charge in [-0.1, -0.05) is 19.9 Å². The molecule has 0 aliphatic heterocycles. The summed E-state index contributed by atoms with van der Waals surface area (Å²) in [4.78, 5) is 11.4. The molecule has 0 aromatic carbocycles. The minimum absolute atomic E-state index is 0.165. The van der Waals surface area contributed by atoms with Crippen LogP contribution in [0.15, 0.2) is 12.7 Å². The summed E-state index contributed by atoms with van der Waals surface area (Å²) in [6.45, 7) is 9.45. The lowest BCUT2D eigenvalue weighted by Crippen LogP contribution is -2.68. The Balaban J connectivity index is 1.65. The molecule has 4 aliphatic carbocycles. The Morgan fingerprint density at radius 2 is 1.71 bits per heavy atom. The van der Waals surface area contributed by atoms with E-state index in [2.05, 4.69) is 20.4 Å². The summed E-state index contributed by atoms with van der Waals surface area (Å²) in [5, 5.41) is 22.7. The first-order valence-electron chi connectivity index (χ1n) is 10.9. The van der Waals surface area contributed by atoms with E-state index in [0.717, 1.165) is 19.3 Å². The van der Waals surface area contributed by atoms with Crippen LogP contribution in [0.5, 0.6) is 0 Å². The van der Waals surface area contributed by atoms with Crippen LogP contribution in [0.4, 0.5) is 4.39 Å². The van der Waals surface area contributed by atoms with Crippen LogP contribution in [0.3, 0.4) is 0 Å². The molecule has 4 aliphatic rings. The molecule has 4 saturated carbocycles. The normalized spacial score (nSPS) is 55.6. The van der Waals surface area contributed by atoms with E-state index in [-0.39, 0.29) is 35.6 Å². The number of aliphatic hydroxyl groups is 2. The highest BCUT2D eigenvalue weighted by Crippen LogP contribution is 2.69. The van der Waals surface area contributed by atoms with Gasteiger partial charge in [-0.3, -0.25) is 4.79 Å². The van der Waals surface area contributed by atoms with Crippen molar-refractivity contribution in [3.05, 3.63) is 12.7 Å². The molecular weight excluding hydrogens is 359 g/mol. The Labute approximate surface area is 167 Å². The summed E-state index contributed by atoms with van der Waals surface area (Å²) < 4.78 is 21.0. The Morgan fingerprint density at radius 3 is 2.36 bits per heavy atom. The summed E-state index contributed by atoms with van der Waals surface area (Å²) in [6.07, 6.45) is 5.15. The molecule has 0 bridgehead atoms. The lowest BCUT2D eigenvalue weighted by molar-refractivity contribution is -0.254. The minimum atomic E-state index is -1.45. The van der Waals surface area contributed by atoms with Gasteiger partial charge in [0.2, 0.25) is 0 Å². The second kappa shape index (κ2) is 6.28. The third-order valence-corrected chi connectivity index (χ3v) is 9.65. The number of esters is 1. The molecular formula is C23H35FO4. The molecule has 0 radical (unpaired) electrons. The predicted octanol–water partition coefficient (Wildman–Crippen LogP) is 3.94. The molecule has 2 N–H and O–H groups in total. The fourth-order valence-corrected chi connectivity index (χ4v) is 7.91. The summed E-state index contributed by atoms with van der Waals surface area (Å²) in [7, 11) is 0. The van der Waals surface area contributed by atoms with Gasteiger partial charge < -0.3 is 14.9 Å². The predicted molar refractivity (Wildman–Crippen MR) is 104 cm³/mol. The average Bonchev–Trinajstić information content (AvgIpc) is 2.89. The largest absolute Gasteiger partial charge is 0.462 e. The maximum atomic E-state index is 15.6. The maximum Gasteiger partial charge on any atom is 0.302 e. The minimum Gasteiger partial charge on any atom is -0.462 e. The summed E-state index contributed by atoms with van der Waals surface area (Å²) in [6, 6.07) is 0. The van der Waals surface area contributed by atoms with Crippen LogP contribution in [0, 0.1) is 28.6 Å². The molecule has 4 fully saturated rings. The summed E-state index contributed by atoms with van der Waals surface area (Å²) in [5.41, 5.74) is -3.12. The standard InChI is InChI=1S/C23H35FO4/c1-5-22(26)11-8-17-16-12-19(24)23(27)13-15(28-14(2)25)6-9-21(23,4)18(16)7-10-20(17,22)3/h5,15-19,26-27H,1,6-13H2,2-4H3/t15-,16+,17-,18+,19+,20+,21-,22+,23+/m1/s1. The molecule has 0 heterocycles. The van der Waals surface area contributed by atoms with Crippen molar-refractivity contribution in [1.29, 1.82) is 0 Å². The summed E-state index contributed by atoms with van der Waals surface area (Å²) in [5.74, 6) is 0.274. The van der Waals surface area contributed by atoms with E-state index in [0.29, 0.717) is 25.7 Å². The number of carbonyl (C=O) groups is 1. The van der Waals surface area contributed by atoms with Crippen LogP contribution in [0.25, 0.3) is 0 Å². The number of halogens is 1. The molecule has 158 valence electrons. The van der Waals surface area contributed by atoms with Gasteiger partial charge >= 0.3 is 5.97 Å². The Hall–Kier alpha value is -0.940. The first-order chi connectivity index (χ1) is 13.0. The first-order valence-corrected chi connectivity index (χ1v) is 10.9. The van der Waals surface area contributed by atoms with Gasteiger partial charge in [0.15, 0.2) is 0 Å². The number of fused-ring (bicyclic) bond motifs is 5. The van der Waals surface area contributed by atoms with Crippen LogP contribution in [0.1, 0.15) is 72.1 Å². The molecule has 0 saturated heterocycles. The van der Waals surface area contributed by atoms with E-state index in [4.69, 9.17) is 4.74 Å². The Kier molecular flexibility index (Phi) is 4.56. The fraction of sp³-hybridized carbons (Fsp3) is 0.870. The van der Waals surface area contributed by atoms with E-state index >= 15 is 4.39 Å². The van der Waals surface area contributed by atoms with Crippen molar-refractivity contribution >= 4 is 5.97 Å². The number of carbonyl (C=O) groups excluding carboxylic acids is 1. The lowest BCUT2D eigenvalue weighted by Gasteiger charge is -2.65. The van der Waals surface area contributed by atoms with Crippen molar-refractivity contribution < 1.29 is 24.1 Å². The third kappa shape index (κ3) is 2.44. The monoisotopic (exact) mass is 394 g/mol. The molecule has 0 aromatic heterocycles. The highest BCUT2D eigenvalue weighted by molar-refractivity contribution is 5.66. The van der Waals surface area contributed by atoms with Gasteiger partial charge in [0.05, 0.1) is 5.60 Å². The molecule has 0 spiro atoms. The number of hydrogen-bond acceptors (Lipinski definition) is 4. The second-order valence-electron chi connectivity index (χ2n) is 10.5. The number of alkyl halides is 1. The van der Waals surface area contributed by atoms with Gasteiger partial charge in [-0.05, 0) is 62.7 Å². The van der Waals surface area contributed by atoms with E-state index in [1.165, 1.54) is 6.92 Å². The molecule has 9 atom stereocenters. The molecule has 0 amide bonds. The second-order valence-corrected chi connectivity index (χ2v) is 10.5. The van der Waals surface area contributed by atoms with Gasteiger partial charge in [0, 0.05) is 24.2 Å².